The summed E-state index contributed by atoms with van der Waals surface area (Å²) in [4.78, 5) is 41.3. The van der Waals surface area contributed by atoms with E-state index in [1.165, 1.54) is 11.9 Å². The highest BCUT2D eigenvalue weighted by molar-refractivity contribution is 9.09. The minimum absolute atomic E-state index is 0.167. The quantitative estimate of drug-likeness (QED) is 0.470. The number of hydrogen-bond acceptors (Lipinski definition) is 6. The van der Waals surface area contributed by atoms with Crippen molar-refractivity contribution in [2.24, 2.45) is 11.8 Å². The maximum Gasteiger partial charge on any atom is 0.250 e. The fourth-order valence-electron chi connectivity index (χ4n) is 5.53. The number of fused-ring (bicyclic) bond motifs is 1. The van der Waals surface area contributed by atoms with Gasteiger partial charge in [0.05, 0.1) is 37.7 Å². The standard InChI is InChI=1S/C22H28BrN3O6/c1-4-12(10-27)26-18(20(29)25-11-5-7-13(31-3)8-6-11)22-9-14(23)17(32-22)15(19(28)24-2)16(22)21(26)30/h5-8,12,14-18,27H,4,9-10H2,1-3H3,(H,24,28)(H,25,29)/t12-,14?,15-,16-,17-,18?,22?/m0/s1. The van der Waals surface area contributed by atoms with Crippen LogP contribution < -0.4 is 15.4 Å². The molecule has 9 nitrogen and oxygen atoms in total. The van der Waals surface area contributed by atoms with Gasteiger partial charge in [0.1, 0.15) is 17.4 Å². The van der Waals surface area contributed by atoms with Crippen molar-refractivity contribution in [1.29, 1.82) is 0 Å². The van der Waals surface area contributed by atoms with Gasteiger partial charge in [0.2, 0.25) is 17.7 Å². The van der Waals surface area contributed by atoms with Crippen molar-refractivity contribution in [3.8, 4) is 5.75 Å². The summed E-state index contributed by atoms with van der Waals surface area (Å²) in [6.45, 7) is 1.56. The Morgan fingerprint density at radius 3 is 2.59 bits per heavy atom. The van der Waals surface area contributed by atoms with Crippen LogP contribution in [0.5, 0.6) is 5.75 Å². The Balaban J connectivity index is 1.74. The number of benzene rings is 1. The van der Waals surface area contributed by atoms with Gasteiger partial charge >= 0.3 is 0 Å². The van der Waals surface area contributed by atoms with Gasteiger partial charge in [-0.05, 0) is 37.1 Å². The van der Waals surface area contributed by atoms with E-state index in [0.29, 0.717) is 24.3 Å². The van der Waals surface area contributed by atoms with Crippen molar-refractivity contribution < 1.29 is 29.0 Å². The lowest BCUT2D eigenvalue weighted by molar-refractivity contribution is -0.144. The molecule has 174 valence electrons. The zero-order chi connectivity index (χ0) is 23.2. The smallest absolute Gasteiger partial charge is 0.250 e. The number of carbonyl (C=O) groups is 3. The second-order valence-electron chi connectivity index (χ2n) is 8.49. The average molecular weight is 510 g/mol. The number of anilines is 1. The first kappa shape index (κ1) is 23.0. The molecule has 1 spiro atoms. The summed E-state index contributed by atoms with van der Waals surface area (Å²) in [5.74, 6) is -1.85. The highest BCUT2D eigenvalue weighted by Gasteiger charge is 2.76. The molecule has 3 fully saturated rings. The lowest BCUT2D eigenvalue weighted by Crippen LogP contribution is -2.56. The molecule has 1 aromatic rings. The molecular weight excluding hydrogens is 482 g/mol. The molecule has 0 aromatic heterocycles. The third-order valence-electron chi connectivity index (χ3n) is 6.96. The summed E-state index contributed by atoms with van der Waals surface area (Å²) in [6.07, 6.45) is 0.376. The minimum atomic E-state index is -1.15. The fraction of sp³-hybridized carbons (Fsp3) is 0.591. The highest BCUT2D eigenvalue weighted by Crippen LogP contribution is 2.60. The molecule has 1 aromatic carbocycles. The van der Waals surface area contributed by atoms with Crippen molar-refractivity contribution in [1.82, 2.24) is 10.2 Å². The van der Waals surface area contributed by atoms with Crippen molar-refractivity contribution in [3.05, 3.63) is 24.3 Å². The molecule has 0 aliphatic carbocycles. The molecule has 3 aliphatic rings. The van der Waals surface area contributed by atoms with Crippen molar-refractivity contribution in [3.63, 3.8) is 0 Å². The van der Waals surface area contributed by atoms with Gasteiger partial charge in [0.15, 0.2) is 0 Å². The highest BCUT2D eigenvalue weighted by atomic mass is 79.9. The van der Waals surface area contributed by atoms with Crippen LogP contribution >= 0.6 is 15.9 Å². The number of aliphatic hydroxyl groups is 1. The molecule has 32 heavy (non-hydrogen) atoms. The predicted molar refractivity (Wildman–Crippen MR) is 119 cm³/mol. The number of carbonyl (C=O) groups excluding carboxylic acids is 3. The first-order chi connectivity index (χ1) is 15.3. The lowest BCUT2D eigenvalue weighted by atomic mass is 9.70. The third kappa shape index (κ3) is 3.31. The number of hydrogen-bond donors (Lipinski definition) is 3. The van der Waals surface area contributed by atoms with Crippen molar-refractivity contribution >= 4 is 39.3 Å². The minimum Gasteiger partial charge on any atom is -0.497 e. The number of alkyl halides is 1. The molecule has 10 heteroatoms. The van der Waals surface area contributed by atoms with E-state index < -0.39 is 41.5 Å². The van der Waals surface area contributed by atoms with Crippen LogP contribution in [0.15, 0.2) is 24.3 Å². The number of likely N-dealkylation sites (tertiary alicyclic amines) is 1. The molecule has 7 atom stereocenters. The van der Waals surface area contributed by atoms with Crippen LogP contribution in [0.1, 0.15) is 19.8 Å². The van der Waals surface area contributed by atoms with E-state index in [1.807, 2.05) is 6.92 Å². The Bertz CT molecular complexity index is 907. The monoisotopic (exact) mass is 509 g/mol. The van der Waals surface area contributed by atoms with Gasteiger partial charge in [-0.15, -0.1) is 0 Å². The molecular formula is C22H28BrN3O6. The molecule has 0 radical (unpaired) electrons. The molecule has 4 rings (SSSR count). The zero-order valence-corrected chi connectivity index (χ0v) is 19.8. The Morgan fingerprint density at radius 1 is 1.34 bits per heavy atom. The Morgan fingerprint density at radius 2 is 2.03 bits per heavy atom. The van der Waals surface area contributed by atoms with Gasteiger partial charge in [-0.2, -0.15) is 0 Å². The average Bonchev–Trinajstić information content (AvgIpc) is 3.38. The maximum absolute atomic E-state index is 13.7. The van der Waals surface area contributed by atoms with Gasteiger partial charge in [-0.1, -0.05) is 22.9 Å². The van der Waals surface area contributed by atoms with Gasteiger partial charge in [-0.3, -0.25) is 14.4 Å². The lowest BCUT2D eigenvalue weighted by Gasteiger charge is -2.36. The number of methoxy groups -OCH3 is 1. The predicted octanol–water partition coefficient (Wildman–Crippen LogP) is 0.899. The summed E-state index contributed by atoms with van der Waals surface area (Å²) < 4.78 is 11.5. The fourth-order valence-corrected chi connectivity index (χ4v) is 6.47. The Labute approximate surface area is 194 Å². The second-order valence-corrected chi connectivity index (χ2v) is 9.66. The number of ether oxygens (including phenoxy) is 2. The number of rotatable bonds is 7. The SMILES string of the molecule is CC[C@@H](CO)N1C(=O)[C@@H]2[C@H](C(=O)NC)[C@H]3OC2(CC3Br)C1C(=O)Nc1ccc(OC)cc1. The first-order valence-electron chi connectivity index (χ1n) is 10.7. The van der Waals surface area contributed by atoms with Crippen LogP contribution in [-0.4, -0.2) is 77.1 Å². The summed E-state index contributed by atoms with van der Waals surface area (Å²) in [5, 5.41) is 15.5. The van der Waals surface area contributed by atoms with Gasteiger partial charge in [-0.25, -0.2) is 0 Å². The van der Waals surface area contributed by atoms with Crippen LogP contribution in [-0.2, 0) is 19.1 Å². The molecule has 3 aliphatic heterocycles. The van der Waals surface area contributed by atoms with E-state index in [4.69, 9.17) is 9.47 Å². The normalized spacial score (nSPS) is 33.7. The van der Waals surface area contributed by atoms with E-state index in [9.17, 15) is 19.5 Å². The summed E-state index contributed by atoms with van der Waals surface area (Å²) in [5.41, 5.74) is -0.599. The summed E-state index contributed by atoms with van der Waals surface area (Å²) in [6, 6.07) is 5.35. The number of nitrogens with one attached hydrogen (secondary N) is 2. The van der Waals surface area contributed by atoms with Crippen LogP contribution in [0, 0.1) is 11.8 Å². The number of halogens is 1. The first-order valence-corrected chi connectivity index (χ1v) is 11.7. The summed E-state index contributed by atoms with van der Waals surface area (Å²) in [7, 11) is 3.08. The van der Waals surface area contributed by atoms with Crippen LogP contribution in [0.3, 0.4) is 0 Å². The molecule has 0 saturated carbocycles. The molecule has 3 heterocycles. The van der Waals surface area contributed by atoms with Gasteiger partial charge in [0, 0.05) is 17.6 Å². The number of amides is 3. The zero-order valence-electron chi connectivity index (χ0n) is 18.2. The molecule has 3 amide bonds. The van der Waals surface area contributed by atoms with E-state index in [0.717, 1.165) is 0 Å². The topological polar surface area (TPSA) is 117 Å². The molecule has 3 saturated heterocycles. The van der Waals surface area contributed by atoms with Gasteiger partial charge < -0.3 is 30.1 Å². The van der Waals surface area contributed by atoms with E-state index in [1.54, 1.807) is 31.4 Å². The molecule has 2 bridgehead atoms. The number of aliphatic hydroxyl groups excluding tert-OH is 1. The Hall–Kier alpha value is -2.17. The van der Waals surface area contributed by atoms with Gasteiger partial charge in [0.25, 0.3) is 0 Å². The van der Waals surface area contributed by atoms with E-state index in [-0.39, 0.29) is 23.2 Å². The van der Waals surface area contributed by atoms with Crippen LogP contribution in [0.4, 0.5) is 5.69 Å². The number of nitrogens with zero attached hydrogens (tertiary/aromatic N) is 1. The Kier molecular flexibility index (Phi) is 6.21. The summed E-state index contributed by atoms with van der Waals surface area (Å²) >= 11 is 3.61. The molecule has 3 unspecified atom stereocenters. The second kappa shape index (κ2) is 8.64. The third-order valence-corrected chi connectivity index (χ3v) is 7.80. The van der Waals surface area contributed by atoms with Crippen LogP contribution in [0.2, 0.25) is 0 Å². The maximum atomic E-state index is 13.7. The van der Waals surface area contributed by atoms with E-state index >= 15 is 0 Å². The molecule has 3 N–H and O–H groups in total. The van der Waals surface area contributed by atoms with Crippen molar-refractivity contribution in [2.75, 3.05) is 26.1 Å². The largest absolute Gasteiger partial charge is 0.497 e. The van der Waals surface area contributed by atoms with E-state index in [2.05, 4.69) is 26.6 Å². The van der Waals surface area contributed by atoms with Crippen LogP contribution in [0.25, 0.3) is 0 Å². The van der Waals surface area contributed by atoms with Crippen molar-refractivity contribution in [2.45, 2.75) is 48.4 Å².